The van der Waals surface area contributed by atoms with Gasteiger partial charge < -0.3 is 20.7 Å². The summed E-state index contributed by atoms with van der Waals surface area (Å²) in [6, 6.07) is 14.7. The Morgan fingerprint density at radius 2 is 2.06 bits per heavy atom. The predicted octanol–water partition coefficient (Wildman–Crippen LogP) is 2.11. The van der Waals surface area contributed by atoms with Gasteiger partial charge in [-0.25, -0.2) is 4.98 Å². The Morgan fingerprint density at radius 1 is 1.16 bits per heavy atom. The van der Waals surface area contributed by atoms with Crippen LogP contribution in [-0.4, -0.2) is 37.5 Å². The van der Waals surface area contributed by atoms with Crippen LogP contribution in [0.3, 0.4) is 0 Å². The molecule has 0 spiro atoms. The number of pyridine rings is 1. The lowest BCUT2D eigenvalue weighted by molar-refractivity contribution is 0.0946. The smallest absolute Gasteiger partial charge is 0.270 e. The van der Waals surface area contributed by atoms with Crippen molar-refractivity contribution in [1.82, 2.24) is 25.0 Å². The van der Waals surface area contributed by atoms with Gasteiger partial charge in [-0.1, -0.05) is 18.2 Å². The molecule has 32 heavy (non-hydrogen) atoms. The molecule has 1 aliphatic rings. The van der Waals surface area contributed by atoms with Crippen LogP contribution in [0.2, 0.25) is 0 Å². The summed E-state index contributed by atoms with van der Waals surface area (Å²) < 4.78 is 1.40. The number of carbonyl (C=O) groups is 1. The van der Waals surface area contributed by atoms with Crippen molar-refractivity contribution in [3.8, 4) is 0 Å². The first-order chi connectivity index (χ1) is 15.6. The highest BCUT2D eigenvalue weighted by Crippen LogP contribution is 2.21. The zero-order chi connectivity index (χ0) is 22.1. The lowest BCUT2D eigenvalue weighted by Crippen LogP contribution is -2.35. The van der Waals surface area contributed by atoms with E-state index in [1.165, 1.54) is 10.5 Å². The van der Waals surface area contributed by atoms with Crippen LogP contribution >= 0.6 is 0 Å². The van der Waals surface area contributed by atoms with Gasteiger partial charge in [0.15, 0.2) is 0 Å². The maximum absolute atomic E-state index is 12.6. The Bertz CT molecular complexity index is 1340. The van der Waals surface area contributed by atoms with Gasteiger partial charge in [-0.3, -0.25) is 14.0 Å². The predicted molar refractivity (Wildman–Crippen MR) is 121 cm³/mol. The van der Waals surface area contributed by atoms with Crippen LogP contribution in [-0.2, 0) is 13.1 Å². The number of carbonyl (C=O) groups excluding carboxylic acids is 1. The quantitative estimate of drug-likeness (QED) is 0.374. The standard InChI is InChI=1S/C24H25N5O3/c30-21-5-3-4-18(21)25-14-17-11-16-8-7-15(10-19(16)27-17)13-26-24(32)20-12-23(31)29-9-2-1-6-22(29)28-20/h1-2,6-12,18,21,25,27,30H,3-5,13-14H2,(H,26,32)/t18?,21-/m0/s1. The lowest BCUT2D eigenvalue weighted by atomic mass is 10.1. The third-order valence-corrected chi connectivity index (χ3v) is 6.03. The molecule has 5 rings (SSSR count). The molecule has 1 saturated carbocycles. The number of rotatable bonds is 6. The van der Waals surface area contributed by atoms with Gasteiger partial charge in [-0.15, -0.1) is 0 Å². The topological polar surface area (TPSA) is 112 Å². The highest BCUT2D eigenvalue weighted by atomic mass is 16.3. The minimum Gasteiger partial charge on any atom is -0.392 e. The van der Waals surface area contributed by atoms with Crippen molar-refractivity contribution in [2.45, 2.75) is 44.5 Å². The number of aliphatic hydroxyl groups excluding tert-OH is 1. The maximum atomic E-state index is 12.6. The first-order valence-electron chi connectivity index (χ1n) is 10.9. The van der Waals surface area contributed by atoms with E-state index in [9.17, 15) is 14.7 Å². The van der Waals surface area contributed by atoms with Crippen LogP contribution in [0.4, 0.5) is 0 Å². The van der Waals surface area contributed by atoms with Gasteiger partial charge in [0, 0.05) is 42.6 Å². The van der Waals surface area contributed by atoms with Gasteiger partial charge in [0.2, 0.25) is 0 Å². The van der Waals surface area contributed by atoms with Crippen LogP contribution in [0.5, 0.6) is 0 Å². The third-order valence-electron chi connectivity index (χ3n) is 6.03. The molecule has 1 amide bonds. The summed E-state index contributed by atoms with van der Waals surface area (Å²) in [6.45, 7) is 0.997. The first kappa shape index (κ1) is 20.4. The van der Waals surface area contributed by atoms with Crippen LogP contribution in [0, 0.1) is 0 Å². The number of fused-ring (bicyclic) bond motifs is 2. The number of H-pyrrole nitrogens is 1. The largest absolute Gasteiger partial charge is 0.392 e. The van der Waals surface area contributed by atoms with Gasteiger partial charge in [-0.05, 0) is 54.5 Å². The minimum absolute atomic E-state index is 0.101. The Kier molecular flexibility index (Phi) is 5.46. The molecule has 164 valence electrons. The molecule has 8 nitrogen and oxygen atoms in total. The fourth-order valence-corrected chi connectivity index (χ4v) is 4.30. The Morgan fingerprint density at radius 3 is 2.91 bits per heavy atom. The molecule has 4 aromatic rings. The van der Waals surface area contributed by atoms with Crippen LogP contribution in [0.25, 0.3) is 16.6 Å². The molecule has 8 heteroatoms. The molecular formula is C24H25N5O3. The van der Waals surface area contributed by atoms with E-state index >= 15 is 0 Å². The second kappa shape index (κ2) is 8.57. The number of aliphatic hydroxyl groups is 1. The number of hydrogen-bond donors (Lipinski definition) is 4. The number of aromatic nitrogens is 3. The summed E-state index contributed by atoms with van der Waals surface area (Å²) in [5.41, 5.74) is 3.23. The Hall–Kier alpha value is -3.49. The summed E-state index contributed by atoms with van der Waals surface area (Å²) in [7, 11) is 0. The fourth-order valence-electron chi connectivity index (χ4n) is 4.30. The number of benzene rings is 1. The second-order valence-electron chi connectivity index (χ2n) is 8.29. The van der Waals surface area contributed by atoms with E-state index in [0.29, 0.717) is 18.7 Å². The van der Waals surface area contributed by atoms with Gasteiger partial charge in [-0.2, -0.15) is 0 Å². The summed E-state index contributed by atoms with van der Waals surface area (Å²) in [5, 5.41) is 17.3. The zero-order valence-corrected chi connectivity index (χ0v) is 17.5. The van der Waals surface area contributed by atoms with Crippen molar-refractivity contribution in [3.05, 3.63) is 82.0 Å². The third kappa shape index (κ3) is 4.15. The van der Waals surface area contributed by atoms with Crippen molar-refractivity contribution in [1.29, 1.82) is 0 Å². The van der Waals surface area contributed by atoms with E-state index in [1.807, 2.05) is 18.2 Å². The maximum Gasteiger partial charge on any atom is 0.270 e. The molecule has 3 heterocycles. The van der Waals surface area contributed by atoms with Gasteiger partial charge in [0.25, 0.3) is 11.5 Å². The monoisotopic (exact) mass is 431 g/mol. The van der Waals surface area contributed by atoms with E-state index in [4.69, 9.17) is 0 Å². The average molecular weight is 431 g/mol. The van der Waals surface area contributed by atoms with Crippen molar-refractivity contribution >= 4 is 22.5 Å². The van der Waals surface area contributed by atoms with Crippen molar-refractivity contribution in [2.24, 2.45) is 0 Å². The van der Waals surface area contributed by atoms with Gasteiger partial charge in [0.1, 0.15) is 11.3 Å². The highest BCUT2D eigenvalue weighted by molar-refractivity contribution is 5.92. The summed E-state index contributed by atoms with van der Waals surface area (Å²) in [4.78, 5) is 32.5. The first-order valence-corrected chi connectivity index (χ1v) is 10.9. The minimum atomic E-state index is -0.389. The van der Waals surface area contributed by atoms with E-state index in [1.54, 1.807) is 24.4 Å². The van der Waals surface area contributed by atoms with Crippen LogP contribution < -0.4 is 16.2 Å². The van der Waals surface area contributed by atoms with E-state index in [2.05, 4.69) is 26.7 Å². The van der Waals surface area contributed by atoms with Gasteiger partial charge in [0.05, 0.1) is 6.10 Å². The number of aromatic amines is 1. The van der Waals surface area contributed by atoms with Crippen LogP contribution in [0.1, 0.15) is 41.0 Å². The molecule has 0 radical (unpaired) electrons. The molecule has 1 aliphatic carbocycles. The Balaban J connectivity index is 1.25. The molecule has 1 aromatic carbocycles. The molecule has 3 aromatic heterocycles. The average Bonchev–Trinajstić information content (AvgIpc) is 3.40. The Labute approximate surface area is 184 Å². The van der Waals surface area contributed by atoms with Crippen LogP contribution in [0.15, 0.2) is 59.5 Å². The molecule has 1 fully saturated rings. The van der Waals surface area contributed by atoms with Crippen molar-refractivity contribution < 1.29 is 9.90 Å². The normalized spacial score (nSPS) is 18.4. The van der Waals surface area contributed by atoms with E-state index in [0.717, 1.165) is 41.4 Å². The van der Waals surface area contributed by atoms with Crippen molar-refractivity contribution in [3.63, 3.8) is 0 Å². The molecule has 2 atom stereocenters. The van der Waals surface area contributed by atoms with Crippen molar-refractivity contribution in [2.75, 3.05) is 0 Å². The number of amides is 1. The highest BCUT2D eigenvalue weighted by Gasteiger charge is 2.24. The molecule has 0 bridgehead atoms. The lowest BCUT2D eigenvalue weighted by Gasteiger charge is -2.15. The molecule has 0 saturated heterocycles. The summed E-state index contributed by atoms with van der Waals surface area (Å²) >= 11 is 0. The SMILES string of the molecule is O=C(NCc1ccc2cc(CNC3CCC[C@@H]3O)[nH]c2c1)c1cc(=O)n2ccccc2n1. The molecular weight excluding hydrogens is 406 g/mol. The van der Waals surface area contributed by atoms with E-state index in [-0.39, 0.29) is 29.3 Å². The molecule has 4 N–H and O–H groups in total. The van der Waals surface area contributed by atoms with E-state index < -0.39 is 0 Å². The number of hydrogen-bond acceptors (Lipinski definition) is 5. The molecule has 0 aliphatic heterocycles. The zero-order valence-electron chi connectivity index (χ0n) is 17.5. The number of nitrogens with zero attached hydrogens (tertiary/aromatic N) is 2. The summed E-state index contributed by atoms with van der Waals surface area (Å²) in [6.07, 6.45) is 4.29. The van der Waals surface area contributed by atoms with Gasteiger partial charge >= 0.3 is 0 Å². The summed E-state index contributed by atoms with van der Waals surface area (Å²) in [5.74, 6) is -0.389. The second-order valence-corrected chi connectivity index (χ2v) is 8.29. The fraction of sp³-hybridized carbons (Fsp3) is 0.292. The number of nitrogens with one attached hydrogen (secondary N) is 3. The molecule has 1 unspecified atom stereocenters.